The van der Waals surface area contributed by atoms with Gasteiger partial charge in [0.05, 0.1) is 6.61 Å². The van der Waals surface area contributed by atoms with Gasteiger partial charge in [-0.25, -0.2) is 0 Å². The van der Waals surface area contributed by atoms with Gasteiger partial charge in [-0.15, -0.1) is 0 Å². The van der Waals surface area contributed by atoms with Crippen molar-refractivity contribution in [3.63, 3.8) is 0 Å². The first-order chi connectivity index (χ1) is 20.5. The summed E-state index contributed by atoms with van der Waals surface area (Å²) in [6.45, 7) is 5.78. The van der Waals surface area contributed by atoms with Crippen molar-refractivity contribution >= 4 is 35.1 Å². The molecular weight excluding hydrogens is 532 g/mol. The van der Waals surface area contributed by atoms with Crippen LogP contribution < -0.4 is 15.5 Å². The highest BCUT2D eigenvalue weighted by Gasteiger charge is 2.26. The number of amides is 3. The number of anilines is 2. The molecule has 3 rings (SSSR count). The fourth-order valence-corrected chi connectivity index (χ4v) is 5.54. The van der Waals surface area contributed by atoms with Crippen molar-refractivity contribution in [3.05, 3.63) is 24.3 Å². The quantitative estimate of drug-likeness (QED) is 0.124. The van der Waals surface area contributed by atoms with Crippen molar-refractivity contribution < 1.29 is 23.9 Å². The Hall–Kier alpha value is -3.10. The zero-order valence-corrected chi connectivity index (χ0v) is 25.7. The van der Waals surface area contributed by atoms with Crippen LogP contribution in [0.3, 0.4) is 0 Å². The second-order valence-corrected chi connectivity index (χ2v) is 11.7. The molecule has 0 aliphatic carbocycles. The lowest BCUT2D eigenvalue weighted by molar-refractivity contribution is -0.144. The summed E-state index contributed by atoms with van der Waals surface area (Å²) in [5, 5.41) is 5.59. The van der Waals surface area contributed by atoms with Crippen LogP contribution in [0.5, 0.6) is 0 Å². The normalized spacial score (nSPS) is 17.2. The van der Waals surface area contributed by atoms with Crippen LogP contribution in [0.4, 0.5) is 11.4 Å². The Labute approximate surface area is 252 Å². The summed E-state index contributed by atoms with van der Waals surface area (Å²) in [6, 6.07) is 7.63. The van der Waals surface area contributed by atoms with Gasteiger partial charge in [0.25, 0.3) is 0 Å². The van der Waals surface area contributed by atoms with E-state index in [0.29, 0.717) is 32.3 Å². The number of carbonyl (C=O) groups excluding carboxylic acids is 4. The first-order valence-corrected chi connectivity index (χ1v) is 16.3. The number of hydrogen-bond donors (Lipinski definition) is 2. The minimum absolute atomic E-state index is 0.0469. The minimum Gasteiger partial charge on any atom is -0.466 e. The lowest BCUT2D eigenvalue weighted by Crippen LogP contribution is -2.48. The van der Waals surface area contributed by atoms with Gasteiger partial charge in [0.1, 0.15) is 6.04 Å². The maximum absolute atomic E-state index is 12.7. The average molecular weight is 585 g/mol. The Morgan fingerprint density at radius 3 is 2.02 bits per heavy atom. The van der Waals surface area contributed by atoms with Gasteiger partial charge >= 0.3 is 5.97 Å². The van der Waals surface area contributed by atoms with E-state index in [4.69, 9.17) is 4.74 Å². The molecule has 0 spiro atoms. The van der Waals surface area contributed by atoms with Crippen molar-refractivity contribution in [2.24, 2.45) is 0 Å². The van der Waals surface area contributed by atoms with E-state index < -0.39 is 0 Å². The lowest BCUT2D eigenvalue weighted by atomic mass is 10.0. The molecule has 0 aromatic heterocycles. The Balaban J connectivity index is 1.16. The molecule has 2 saturated heterocycles. The van der Waals surface area contributed by atoms with Crippen LogP contribution in [-0.2, 0) is 23.9 Å². The molecule has 9 nitrogen and oxygen atoms in total. The Bertz CT molecular complexity index is 975. The second kappa shape index (κ2) is 19.2. The predicted molar refractivity (Wildman–Crippen MR) is 166 cm³/mol. The van der Waals surface area contributed by atoms with Gasteiger partial charge in [0, 0.05) is 56.8 Å². The third kappa shape index (κ3) is 12.4. The van der Waals surface area contributed by atoms with Crippen molar-refractivity contribution in [1.82, 2.24) is 10.2 Å². The van der Waals surface area contributed by atoms with Crippen molar-refractivity contribution in [3.8, 4) is 0 Å². The molecule has 2 N–H and O–H groups in total. The van der Waals surface area contributed by atoms with Gasteiger partial charge in [-0.3, -0.25) is 24.5 Å². The van der Waals surface area contributed by atoms with E-state index in [9.17, 15) is 19.2 Å². The molecule has 1 unspecified atom stereocenters. The van der Waals surface area contributed by atoms with E-state index in [0.717, 1.165) is 76.1 Å². The predicted octanol–water partition coefficient (Wildman–Crippen LogP) is 5.58. The molecule has 2 fully saturated rings. The third-order valence-corrected chi connectivity index (χ3v) is 8.23. The number of nitrogens with zero attached hydrogens (tertiary/aromatic N) is 2. The molecular formula is C33H52N4O5. The third-order valence-electron chi connectivity index (χ3n) is 8.23. The summed E-state index contributed by atoms with van der Waals surface area (Å²) >= 11 is 0. The van der Waals surface area contributed by atoms with Gasteiger partial charge in [0.2, 0.25) is 17.7 Å². The second-order valence-electron chi connectivity index (χ2n) is 11.7. The number of benzene rings is 1. The molecule has 0 saturated carbocycles. The van der Waals surface area contributed by atoms with Crippen LogP contribution >= 0.6 is 0 Å². The molecule has 2 aliphatic rings. The Morgan fingerprint density at radius 1 is 0.833 bits per heavy atom. The number of unbranched alkanes of at least 4 members (excludes halogenated alkanes) is 10. The maximum atomic E-state index is 12.7. The number of esters is 1. The summed E-state index contributed by atoms with van der Waals surface area (Å²) in [6.07, 6.45) is 15.5. The zero-order chi connectivity index (χ0) is 30.0. The van der Waals surface area contributed by atoms with Gasteiger partial charge in [0.15, 0.2) is 0 Å². The number of rotatable bonds is 19. The molecule has 1 atom stereocenters. The standard InChI is InChI=1S/C33H52N4O5/c1-2-3-26-42-32(40)15-13-11-9-7-5-4-6-8-10-12-14-31(39)37-24-22-36(23-25-37)28-18-16-27(17-19-28)34-29-20-21-30(38)35-33(29)41/h16-19,29,34H,2-15,20-26H2,1H3,(H,35,38,41). The topological polar surface area (TPSA) is 108 Å². The summed E-state index contributed by atoms with van der Waals surface area (Å²) in [5.41, 5.74) is 1.97. The lowest BCUT2D eigenvalue weighted by Gasteiger charge is -2.36. The number of piperazine rings is 1. The number of ether oxygens (including phenoxy) is 1. The Kier molecular flexibility index (Phi) is 15.2. The number of hydrogen-bond acceptors (Lipinski definition) is 7. The highest BCUT2D eigenvalue weighted by molar-refractivity contribution is 6.01. The molecule has 42 heavy (non-hydrogen) atoms. The van der Waals surface area contributed by atoms with Gasteiger partial charge in [-0.1, -0.05) is 64.7 Å². The number of nitrogens with one attached hydrogen (secondary N) is 2. The van der Waals surface area contributed by atoms with Crippen molar-refractivity contribution in [1.29, 1.82) is 0 Å². The molecule has 0 radical (unpaired) electrons. The number of piperidine rings is 1. The van der Waals surface area contributed by atoms with Crippen LogP contribution in [0.1, 0.15) is 110 Å². The fourth-order valence-electron chi connectivity index (χ4n) is 5.54. The van der Waals surface area contributed by atoms with Crippen molar-refractivity contribution in [2.45, 2.75) is 116 Å². The zero-order valence-electron chi connectivity index (χ0n) is 25.7. The van der Waals surface area contributed by atoms with E-state index in [1.54, 1.807) is 0 Å². The highest BCUT2D eigenvalue weighted by Crippen LogP contribution is 2.22. The first-order valence-electron chi connectivity index (χ1n) is 16.3. The van der Waals surface area contributed by atoms with E-state index in [1.165, 1.54) is 38.5 Å². The molecule has 234 valence electrons. The van der Waals surface area contributed by atoms with E-state index in [2.05, 4.69) is 22.5 Å². The highest BCUT2D eigenvalue weighted by atomic mass is 16.5. The fraction of sp³-hybridized carbons (Fsp3) is 0.697. The van der Waals surface area contributed by atoms with Crippen LogP contribution in [0.15, 0.2) is 24.3 Å². The van der Waals surface area contributed by atoms with Crippen LogP contribution in [-0.4, -0.2) is 67.4 Å². The van der Waals surface area contributed by atoms with Crippen LogP contribution in [0.25, 0.3) is 0 Å². The summed E-state index contributed by atoms with van der Waals surface area (Å²) in [5.74, 6) is -0.258. The monoisotopic (exact) mass is 584 g/mol. The molecule has 9 heteroatoms. The first kappa shape index (κ1) is 33.4. The Morgan fingerprint density at radius 2 is 1.43 bits per heavy atom. The van der Waals surface area contributed by atoms with E-state index >= 15 is 0 Å². The van der Waals surface area contributed by atoms with E-state index in [-0.39, 0.29) is 29.7 Å². The van der Waals surface area contributed by atoms with E-state index in [1.807, 2.05) is 29.2 Å². The van der Waals surface area contributed by atoms with Crippen LogP contribution in [0, 0.1) is 0 Å². The SMILES string of the molecule is CCCCOC(=O)CCCCCCCCCCCCC(=O)N1CCN(c2ccc(NC3CCC(=O)NC3=O)cc2)CC1. The molecule has 2 aliphatic heterocycles. The maximum Gasteiger partial charge on any atom is 0.305 e. The largest absolute Gasteiger partial charge is 0.466 e. The minimum atomic E-state index is -0.385. The molecule has 1 aromatic carbocycles. The molecule has 3 amide bonds. The summed E-state index contributed by atoms with van der Waals surface area (Å²) < 4.78 is 5.19. The van der Waals surface area contributed by atoms with Crippen LogP contribution in [0.2, 0.25) is 0 Å². The summed E-state index contributed by atoms with van der Waals surface area (Å²) in [7, 11) is 0. The van der Waals surface area contributed by atoms with Crippen molar-refractivity contribution in [2.75, 3.05) is 43.0 Å². The molecule has 2 heterocycles. The van der Waals surface area contributed by atoms with Gasteiger partial charge in [-0.2, -0.15) is 0 Å². The van der Waals surface area contributed by atoms with Gasteiger partial charge in [-0.05, 0) is 49.9 Å². The molecule has 0 bridgehead atoms. The number of carbonyl (C=O) groups is 4. The average Bonchev–Trinajstić information content (AvgIpc) is 2.99. The number of imide groups is 1. The smallest absolute Gasteiger partial charge is 0.305 e. The van der Waals surface area contributed by atoms with Gasteiger partial charge < -0.3 is 19.9 Å². The summed E-state index contributed by atoms with van der Waals surface area (Å²) in [4.78, 5) is 51.9. The molecule has 1 aromatic rings.